The van der Waals surface area contributed by atoms with Crippen molar-refractivity contribution in [3.05, 3.63) is 53.1 Å². The molecule has 8 nitrogen and oxygen atoms in total. The van der Waals surface area contributed by atoms with Gasteiger partial charge in [0, 0.05) is 6.42 Å². The van der Waals surface area contributed by atoms with Gasteiger partial charge < -0.3 is 19.9 Å². The average molecular weight is 428 g/mol. The Labute approximate surface area is 182 Å². The Morgan fingerprint density at radius 3 is 2.61 bits per heavy atom. The molecule has 0 bridgehead atoms. The lowest BCUT2D eigenvalue weighted by Crippen LogP contribution is -2.20. The van der Waals surface area contributed by atoms with E-state index in [2.05, 4.69) is 10.5 Å². The Balaban J connectivity index is 1.84. The van der Waals surface area contributed by atoms with Gasteiger partial charge in [-0.3, -0.25) is 9.59 Å². The van der Waals surface area contributed by atoms with Crippen LogP contribution in [0.15, 0.2) is 41.5 Å². The van der Waals surface area contributed by atoms with Crippen LogP contribution in [0.2, 0.25) is 0 Å². The summed E-state index contributed by atoms with van der Waals surface area (Å²) in [6.07, 6.45) is 3.41. The van der Waals surface area contributed by atoms with Crippen LogP contribution in [0.3, 0.4) is 0 Å². The van der Waals surface area contributed by atoms with Gasteiger partial charge in [0.15, 0.2) is 18.1 Å². The standard InChI is InChI=1S/C23H29N3O5/c1-4-30-21-13-17(8-11-20(21)31-15-22(24)27)14-25-26-23(28)7-5-6-18-9-10-19(29-3)12-16(18)2/h8-14H,4-7,15H2,1-3H3,(H2,24,27)(H,26,28). The van der Waals surface area contributed by atoms with Gasteiger partial charge in [0.25, 0.3) is 5.91 Å². The van der Waals surface area contributed by atoms with Gasteiger partial charge >= 0.3 is 0 Å². The number of carbonyl (C=O) groups excluding carboxylic acids is 2. The third-order valence-corrected chi connectivity index (χ3v) is 4.44. The van der Waals surface area contributed by atoms with E-state index < -0.39 is 5.91 Å². The highest BCUT2D eigenvalue weighted by molar-refractivity contribution is 5.83. The highest BCUT2D eigenvalue weighted by Crippen LogP contribution is 2.28. The maximum absolute atomic E-state index is 12.0. The third kappa shape index (κ3) is 8.00. The van der Waals surface area contributed by atoms with E-state index in [9.17, 15) is 9.59 Å². The molecular formula is C23H29N3O5. The fourth-order valence-corrected chi connectivity index (χ4v) is 2.89. The number of rotatable bonds is 12. The summed E-state index contributed by atoms with van der Waals surface area (Å²) in [5, 5.41) is 4.00. The largest absolute Gasteiger partial charge is 0.497 e. The van der Waals surface area contributed by atoms with Crippen LogP contribution >= 0.6 is 0 Å². The van der Waals surface area contributed by atoms with Crippen molar-refractivity contribution in [2.75, 3.05) is 20.3 Å². The number of aryl methyl sites for hydroxylation is 2. The lowest BCUT2D eigenvalue weighted by molar-refractivity contribution is -0.121. The minimum Gasteiger partial charge on any atom is -0.497 e. The van der Waals surface area contributed by atoms with Gasteiger partial charge in [-0.15, -0.1) is 0 Å². The minimum atomic E-state index is -0.571. The molecule has 0 radical (unpaired) electrons. The monoisotopic (exact) mass is 427 g/mol. The number of primary amides is 1. The second kappa shape index (κ2) is 12.2. The number of methoxy groups -OCH3 is 1. The van der Waals surface area contributed by atoms with Crippen molar-refractivity contribution in [3.63, 3.8) is 0 Å². The molecule has 2 aromatic carbocycles. The van der Waals surface area contributed by atoms with Crippen LogP contribution < -0.4 is 25.4 Å². The van der Waals surface area contributed by atoms with Crippen molar-refractivity contribution in [1.29, 1.82) is 0 Å². The summed E-state index contributed by atoms with van der Waals surface area (Å²) in [6.45, 7) is 4.06. The molecule has 0 aliphatic rings. The molecule has 8 heteroatoms. The zero-order chi connectivity index (χ0) is 22.6. The first-order chi connectivity index (χ1) is 14.9. The number of benzene rings is 2. The zero-order valence-electron chi connectivity index (χ0n) is 18.1. The van der Waals surface area contributed by atoms with E-state index in [0.717, 1.165) is 24.2 Å². The number of amides is 2. The molecular weight excluding hydrogens is 398 g/mol. The first-order valence-corrected chi connectivity index (χ1v) is 10.1. The van der Waals surface area contributed by atoms with Crippen molar-refractivity contribution in [2.24, 2.45) is 10.8 Å². The van der Waals surface area contributed by atoms with Crippen molar-refractivity contribution >= 4 is 18.0 Å². The van der Waals surface area contributed by atoms with E-state index >= 15 is 0 Å². The van der Waals surface area contributed by atoms with Gasteiger partial charge in [-0.2, -0.15) is 5.10 Å². The quantitative estimate of drug-likeness (QED) is 0.400. The molecule has 0 fully saturated rings. The number of hydrogen-bond acceptors (Lipinski definition) is 6. The number of nitrogens with zero attached hydrogens (tertiary/aromatic N) is 1. The summed E-state index contributed by atoms with van der Waals surface area (Å²) < 4.78 is 16.1. The van der Waals surface area contributed by atoms with Crippen LogP contribution in [-0.4, -0.2) is 38.4 Å². The van der Waals surface area contributed by atoms with Crippen LogP contribution in [0, 0.1) is 6.92 Å². The molecule has 166 valence electrons. The SMILES string of the molecule is CCOc1cc(C=NNC(=O)CCCc2ccc(OC)cc2C)ccc1OCC(N)=O. The fraction of sp³-hybridized carbons (Fsp3) is 0.348. The number of carbonyl (C=O) groups is 2. The predicted molar refractivity (Wildman–Crippen MR) is 119 cm³/mol. The summed E-state index contributed by atoms with van der Waals surface area (Å²) in [5.41, 5.74) is 10.7. The van der Waals surface area contributed by atoms with Crippen molar-refractivity contribution in [2.45, 2.75) is 33.1 Å². The van der Waals surface area contributed by atoms with E-state index in [1.807, 2.05) is 32.0 Å². The van der Waals surface area contributed by atoms with Crippen LogP contribution in [0.1, 0.15) is 36.5 Å². The molecule has 2 rings (SSSR count). The maximum Gasteiger partial charge on any atom is 0.255 e. The Bertz CT molecular complexity index is 927. The molecule has 31 heavy (non-hydrogen) atoms. The van der Waals surface area contributed by atoms with Gasteiger partial charge in [-0.1, -0.05) is 6.07 Å². The molecule has 2 aromatic rings. The lowest BCUT2D eigenvalue weighted by atomic mass is 10.0. The van der Waals surface area contributed by atoms with Crippen LogP contribution in [0.25, 0.3) is 0 Å². The topological polar surface area (TPSA) is 112 Å². The van der Waals surface area contributed by atoms with E-state index in [1.54, 1.807) is 25.3 Å². The predicted octanol–water partition coefficient (Wildman–Crippen LogP) is 2.74. The molecule has 0 heterocycles. The van der Waals surface area contributed by atoms with Crippen molar-refractivity contribution in [1.82, 2.24) is 5.43 Å². The first-order valence-electron chi connectivity index (χ1n) is 10.1. The van der Waals surface area contributed by atoms with E-state index in [1.165, 1.54) is 11.8 Å². The Kier molecular flexibility index (Phi) is 9.35. The van der Waals surface area contributed by atoms with E-state index in [0.29, 0.717) is 30.1 Å². The summed E-state index contributed by atoms with van der Waals surface area (Å²) in [4.78, 5) is 23.0. The normalized spacial score (nSPS) is 10.7. The van der Waals surface area contributed by atoms with Gasteiger partial charge in [-0.25, -0.2) is 5.43 Å². The smallest absolute Gasteiger partial charge is 0.255 e. The highest BCUT2D eigenvalue weighted by atomic mass is 16.5. The summed E-state index contributed by atoms with van der Waals surface area (Å²) in [7, 11) is 1.64. The van der Waals surface area contributed by atoms with Crippen LogP contribution in [-0.2, 0) is 16.0 Å². The van der Waals surface area contributed by atoms with Crippen LogP contribution in [0.4, 0.5) is 0 Å². The summed E-state index contributed by atoms with van der Waals surface area (Å²) >= 11 is 0. The molecule has 0 atom stereocenters. The number of hydrogen-bond donors (Lipinski definition) is 2. The molecule has 0 aliphatic carbocycles. The highest BCUT2D eigenvalue weighted by Gasteiger charge is 2.08. The third-order valence-electron chi connectivity index (χ3n) is 4.44. The van der Waals surface area contributed by atoms with Gasteiger partial charge in [-0.05, 0) is 73.7 Å². The van der Waals surface area contributed by atoms with Crippen molar-refractivity contribution < 1.29 is 23.8 Å². The minimum absolute atomic E-state index is 0.158. The van der Waals surface area contributed by atoms with Crippen molar-refractivity contribution in [3.8, 4) is 17.2 Å². The molecule has 0 saturated heterocycles. The average Bonchev–Trinajstić information content (AvgIpc) is 2.74. The Morgan fingerprint density at radius 1 is 1.13 bits per heavy atom. The molecule has 0 saturated carbocycles. The Hall–Kier alpha value is -3.55. The number of nitrogens with one attached hydrogen (secondary N) is 1. The fourth-order valence-electron chi connectivity index (χ4n) is 2.89. The zero-order valence-corrected chi connectivity index (χ0v) is 18.1. The van der Waals surface area contributed by atoms with Crippen LogP contribution in [0.5, 0.6) is 17.2 Å². The van der Waals surface area contributed by atoms with E-state index in [-0.39, 0.29) is 12.5 Å². The number of hydrazone groups is 1. The molecule has 2 amide bonds. The molecule has 0 aromatic heterocycles. The Morgan fingerprint density at radius 2 is 1.94 bits per heavy atom. The van der Waals surface area contributed by atoms with Gasteiger partial charge in [0.05, 0.1) is 19.9 Å². The first kappa shape index (κ1) is 23.7. The summed E-state index contributed by atoms with van der Waals surface area (Å²) in [6, 6.07) is 11.0. The number of ether oxygens (including phenoxy) is 3. The van der Waals surface area contributed by atoms with Gasteiger partial charge in [0.2, 0.25) is 5.91 Å². The van der Waals surface area contributed by atoms with E-state index in [4.69, 9.17) is 19.9 Å². The second-order valence-corrected chi connectivity index (χ2v) is 6.83. The lowest BCUT2D eigenvalue weighted by Gasteiger charge is -2.11. The molecule has 3 N–H and O–H groups in total. The second-order valence-electron chi connectivity index (χ2n) is 6.83. The molecule has 0 aliphatic heterocycles. The number of nitrogens with two attached hydrogens (primary N) is 1. The molecule has 0 spiro atoms. The maximum atomic E-state index is 12.0. The summed E-state index contributed by atoms with van der Waals surface area (Å²) in [5.74, 6) is 0.977. The molecule has 0 unspecified atom stereocenters. The van der Waals surface area contributed by atoms with Gasteiger partial charge in [0.1, 0.15) is 5.75 Å².